The maximum atomic E-state index is 6.06. The number of aromatic nitrogens is 4. The molecule has 0 saturated carbocycles. The van der Waals surface area contributed by atoms with E-state index in [0.717, 1.165) is 23.3 Å². The maximum Gasteiger partial charge on any atom is 0.202 e. The van der Waals surface area contributed by atoms with E-state index in [4.69, 9.17) is 5.73 Å². The van der Waals surface area contributed by atoms with Gasteiger partial charge in [0.25, 0.3) is 0 Å². The van der Waals surface area contributed by atoms with E-state index in [1.165, 1.54) is 6.42 Å². The van der Waals surface area contributed by atoms with E-state index in [-0.39, 0.29) is 0 Å². The van der Waals surface area contributed by atoms with Gasteiger partial charge in [0.05, 0.1) is 5.69 Å². The van der Waals surface area contributed by atoms with Crippen molar-refractivity contribution in [1.82, 2.24) is 19.3 Å². The van der Waals surface area contributed by atoms with E-state index < -0.39 is 0 Å². The molecule has 2 aromatic rings. The van der Waals surface area contributed by atoms with Gasteiger partial charge in [-0.3, -0.25) is 9.25 Å². The quantitative estimate of drug-likeness (QED) is 0.906. The Morgan fingerprint density at radius 2 is 2.00 bits per heavy atom. The highest BCUT2D eigenvalue weighted by atomic mass is 15.4. The first-order chi connectivity index (χ1) is 8.45. The molecule has 2 rings (SSSR count). The Kier molecular flexibility index (Phi) is 3.32. The summed E-state index contributed by atoms with van der Waals surface area (Å²) in [6.07, 6.45) is 2.29. The van der Waals surface area contributed by atoms with Crippen LogP contribution in [0.15, 0.2) is 0 Å². The van der Waals surface area contributed by atoms with Crippen LogP contribution in [0.3, 0.4) is 0 Å². The SMILES string of the molecule is CCC(C)CC(C)n1c(N)nc2c(C)nn(C)c21. The fraction of sp³-hybridized carbons (Fsp3) is 0.692. The van der Waals surface area contributed by atoms with Gasteiger partial charge in [0, 0.05) is 13.1 Å². The lowest BCUT2D eigenvalue weighted by atomic mass is 10.0. The topological polar surface area (TPSA) is 61.7 Å². The lowest BCUT2D eigenvalue weighted by Gasteiger charge is -2.19. The van der Waals surface area contributed by atoms with Crippen LogP contribution in [0.4, 0.5) is 5.95 Å². The molecule has 2 heterocycles. The molecule has 0 aliphatic heterocycles. The average Bonchev–Trinajstić information content (AvgIpc) is 2.77. The van der Waals surface area contributed by atoms with E-state index in [2.05, 4.69) is 35.4 Å². The molecule has 0 aromatic carbocycles. The molecule has 5 nitrogen and oxygen atoms in total. The Bertz CT molecular complexity index is 551. The molecule has 0 bridgehead atoms. The van der Waals surface area contributed by atoms with Gasteiger partial charge in [-0.05, 0) is 26.2 Å². The Hall–Kier alpha value is -1.52. The molecule has 2 unspecified atom stereocenters. The van der Waals surface area contributed by atoms with Crippen molar-refractivity contribution in [1.29, 1.82) is 0 Å². The van der Waals surface area contributed by atoms with Crippen LogP contribution in [0, 0.1) is 12.8 Å². The summed E-state index contributed by atoms with van der Waals surface area (Å²) in [5.41, 5.74) is 8.95. The summed E-state index contributed by atoms with van der Waals surface area (Å²) in [7, 11) is 1.95. The first kappa shape index (κ1) is 12.9. The van der Waals surface area contributed by atoms with Gasteiger partial charge in [0.2, 0.25) is 5.95 Å². The van der Waals surface area contributed by atoms with Crippen LogP contribution in [0.25, 0.3) is 11.2 Å². The normalized spacial score (nSPS) is 15.2. The number of nitrogen functional groups attached to an aromatic ring is 1. The van der Waals surface area contributed by atoms with Gasteiger partial charge in [-0.1, -0.05) is 20.3 Å². The standard InChI is InChI=1S/C13H23N5/c1-6-8(2)7-9(3)18-12-11(15-13(18)14)10(4)16-17(12)5/h8-9H,6-7H2,1-5H3,(H2,14,15). The van der Waals surface area contributed by atoms with Crippen LogP contribution in [0.2, 0.25) is 0 Å². The number of nitrogens with zero attached hydrogens (tertiary/aromatic N) is 4. The highest BCUT2D eigenvalue weighted by Gasteiger charge is 2.20. The van der Waals surface area contributed by atoms with E-state index >= 15 is 0 Å². The first-order valence-electron chi connectivity index (χ1n) is 6.62. The zero-order valence-electron chi connectivity index (χ0n) is 11.9. The number of fused-ring (bicyclic) bond motifs is 1. The minimum atomic E-state index is 0.347. The van der Waals surface area contributed by atoms with Crippen molar-refractivity contribution in [3.8, 4) is 0 Å². The summed E-state index contributed by atoms with van der Waals surface area (Å²) in [4.78, 5) is 4.45. The summed E-state index contributed by atoms with van der Waals surface area (Å²) in [6, 6.07) is 0.347. The molecule has 0 spiro atoms. The lowest BCUT2D eigenvalue weighted by molar-refractivity contribution is 0.404. The first-order valence-corrected chi connectivity index (χ1v) is 6.62. The monoisotopic (exact) mass is 249 g/mol. The third-order valence-electron chi connectivity index (χ3n) is 3.74. The Labute approximate surface area is 108 Å². The molecule has 18 heavy (non-hydrogen) atoms. The minimum absolute atomic E-state index is 0.347. The molecule has 0 aliphatic rings. The van der Waals surface area contributed by atoms with E-state index in [0.29, 0.717) is 17.9 Å². The lowest BCUT2D eigenvalue weighted by Crippen LogP contribution is -2.13. The Morgan fingerprint density at radius 1 is 1.33 bits per heavy atom. The predicted molar refractivity (Wildman–Crippen MR) is 74.4 cm³/mol. The van der Waals surface area contributed by atoms with Crippen molar-refractivity contribution < 1.29 is 0 Å². The molecule has 0 saturated heterocycles. The number of rotatable bonds is 4. The number of aryl methyl sites for hydroxylation is 2. The van der Waals surface area contributed by atoms with Crippen LogP contribution in [0.1, 0.15) is 45.3 Å². The molecule has 2 N–H and O–H groups in total. The van der Waals surface area contributed by atoms with Gasteiger partial charge >= 0.3 is 0 Å². The van der Waals surface area contributed by atoms with Crippen LogP contribution in [-0.4, -0.2) is 19.3 Å². The number of hydrogen-bond donors (Lipinski definition) is 1. The number of anilines is 1. The molecule has 0 aliphatic carbocycles. The Morgan fingerprint density at radius 3 is 2.61 bits per heavy atom. The second-order valence-corrected chi connectivity index (χ2v) is 5.32. The highest BCUT2D eigenvalue weighted by Crippen LogP contribution is 2.28. The maximum absolute atomic E-state index is 6.06. The molecule has 0 fully saturated rings. The van der Waals surface area contributed by atoms with Crippen LogP contribution < -0.4 is 5.73 Å². The summed E-state index contributed by atoms with van der Waals surface area (Å²) >= 11 is 0. The van der Waals surface area contributed by atoms with Crippen LogP contribution in [0.5, 0.6) is 0 Å². The fourth-order valence-electron chi connectivity index (χ4n) is 2.60. The predicted octanol–water partition coefficient (Wildman–Crippen LogP) is 2.66. The van der Waals surface area contributed by atoms with E-state index in [1.54, 1.807) is 0 Å². The molecular formula is C13H23N5. The van der Waals surface area contributed by atoms with Crippen molar-refractivity contribution in [2.45, 2.75) is 46.6 Å². The largest absolute Gasteiger partial charge is 0.369 e. The van der Waals surface area contributed by atoms with Gasteiger partial charge in [-0.2, -0.15) is 5.10 Å². The summed E-state index contributed by atoms with van der Waals surface area (Å²) in [5.74, 6) is 1.28. The number of hydrogen-bond acceptors (Lipinski definition) is 3. The zero-order valence-corrected chi connectivity index (χ0v) is 11.9. The van der Waals surface area contributed by atoms with Crippen molar-refractivity contribution in [2.24, 2.45) is 13.0 Å². The molecular weight excluding hydrogens is 226 g/mol. The average molecular weight is 249 g/mol. The Balaban J connectivity index is 2.46. The van der Waals surface area contributed by atoms with Crippen molar-refractivity contribution in [3.05, 3.63) is 5.69 Å². The van der Waals surface area contributed by atoms with E-state index in [9.17, 15) is 0 Å². The minimum Gasteiger partial charge on any atom is -0.369 e. The van der Waals surface area contributed by atoms with E-state index in [1.807, 2.05) is 18.7 Å². The summed E-state index contributed by atoms with van der Waals surface area (Å²) < 4.78 is 3.99. The molecule has 2 atom stereocenters. The van der Waals surface area contributed by atoms with Crippen molar-refractivity contribution in [2.75, 3.05) is 5.73 Å². The smallest absolute Gasteiger partial charge is 0.202 e. The fourth-order valence-corrected chi connectivity index (χ4v) is 2.60. The van der Waals surface area contributed by atoms with Crippen molar-refractivity contribution in [3.63, 3.8) is 0 Å². The van der Waals surface area contributed by atoms with Crippen LogP contribution in [-0.2, 0) is 7.05 Å². The third kappa shape index (κ3) is 1.98. The molecule has 5 heteroatoms. The van der Waals surface area contributed by atoms with Gasteiger partial charge in [0.1, 0.15) is 5.52 Å². The second-order valence-electron chi connectivity index (χ2n) is 5.32. The number of imidazole rings is 1. The number of nitrogens with two attached hydrogens (primary N) is 1. The van der Waals surface area contributed by atoms with Crippen LogP contribution >= 0.6 is 0 Å². The van der Waals surface area contributed by atoms with Gasteiger partial charge < -0.3 is 5.73 Å². The van der Waals surface area contributed by atoms with Gasteiger partial charge in [0.15, 0.2) is 5.65 Å². The summed E-state index contributed by atoms with van der Waals surface area (Å²) in [5, 5.41) is 4.41. The molecule has 0 amide bonds. The zero-order chi connectivity index (χ0) is 13.4. The highest BCUT2D eigenvalue weighted by molar-refractivity contribution is 5.77. The molecule has 2 aromatic heterocycles. The molecule has 0 radical (unpaired) electrons. The van der Waals surface area contributed by atoms with Crippen molar-refractivity contribution >= 4 is 17.1 Å². The second kappa shape index (κ2) is 4.63. The summed E-state index contributed by atoms with van der Waals surface area (Å²) in [6.45, 7) is 8.66. The van der Waals surface area contributed by atoms with Gasteiger partial charge in [-0.25, -0.2) is 4.98 Å². The van der Waals surface area contributed by atoms with Gasteiger partial charge in [-0.15, -0.1) is 0 Å². The third-order valence-corrected chi connectivity index (χ3v) is 3.74. The molecule has 100 valence electrons.